The van der Waals surface area contributed by atoms with Crippen molar-refractivity contribution in [3.63, 3.8) is 0 Å². The van der Waals surface area contributed by atoms with Gasteiger partial charge in [0.15, 0.2) is 0 Å². The van der Waals surface area contributed by atoms with Crippen molar-refractivity contribution in [2.75, 3.05) is 13.2 Å². The van der Waals surface area contributed by atoms with E-state index in [2.05, 4.69) is 32.2 Å². The first kappa shape index (κ1) is 13.5. The molecule has 1 aromatic carbocycles. The topological polar surface area (TPSA) is 21.3 Å². The lowest BCUT2D eigenvalue weighted by Crippen LogP contribution is -2.26. The minimum atomic E-state index is -0.0578. The smallest absolute Gasteiger partial charge is 0.0599 e. The second-order valence-corrected chi connectivity index (χ2v) is 5.20. The van der Waals surface area contributed by atoms with E-state index in [9.17, 15) is 0 Å². The van der Waals surface area contributed by atoms with Crippen molar-refractivity contribution in [2.24, 2.45) is 0 Å². The molecule has 90 valence electrons. The van der Waals surface area contributed by atoms with Crippen LogP contribution in [0.5, 0.6) is 0 Å². The van der Waals surface area contributed by atoms with Crippen LogP contribution < -0.4 is 5.32 Å². The van der Waals surface area contributed by atoms with E-state index in [1.54, 1.807) is 0 Å². The Kier molecular flexibility index (Phi) is 5.26. The van der Waals surface area contributed by atoms with Crippen molar-refractivity contribution in [3.8, 4) is 0 Å². The summed E-state index contributed by atoms with van der Waals surface area (Å²) in [6.45, 7) is 8.58. The summed E-state index contributed by atoms with van der Waals surface area (Å²) in [7, 11) is 0. The third-order valence-corrected chi connectivity index (χ3v) is 2.27. The van der Waals surface area contributed by atoms with Crippen molar-refractivity contribution in [1.82, 2.24) is 5.32 Å². The molecule has 1 aromatic rings. The standard InChI is InChI=1S/C13H20ClNO/c1-13(2,3)16-8-7-15-10-11-5-4-6-12(14)9-11/h4-6,9,15H,7-8,10H2,1-3H3. The Morgan fingerprint density at radius 1 is 1.31 bits per heavy atom. The van der Waals surface area contributed by atoms with Gasteiger partial charge in [0, 0.05) is 18.1 Å². The van der Waals surface area contributed by atoms with Gasteiger partial charge in [0.05, 0.1) is 12.2 Å². The Hall–Kier alpha value is -0.570. The molecule has 0 radical (unpaired) electrons. The van der Waals surface area contributed by atoms with Crippen LogP contribution in [0.4, 0.5) is 0 Å². The highest BCUT2D eigenvalue weighted by atomic mass is 35.5. The Bertz CT molecular complexity index is 320. The fourth-order valence-electron chi connectivity index (χ4n) is 1.31. The molecule has 2 nitrogen and oxygen atoms in total. The molecular weight excluding hydrogens is 222 g/mol. The van der Waals surface area contributed by atoms with Crippen molar-refractivity contribution in [3.05, 3.63) is 34.9 Å². The van der Waals surface area contributed by atoms with E-state index in [1.807, 2.05) is 18.2 Å². The summed E-state index contributed by atoms with van der Waals surface area (Å²) in [5, 5.41) is 4.10. The Morgan fingerprint density at radius 3 is 2.69 bits per heavy atom. The Balaban J connectivity index is 2.17. The molecule has 0 heterocycles. The van der Waals surface area contributed by atoms with Crippen LogP contribution in [0.3, 0.4) is 0 Å². The average Bonchev–Trinajstić information content (AvgIpc) is 2.15. The summed E-state index contributed by atoms with van der Waals surface area (Å²) in [4.78, 5) is 0. The molecule has 0 amide bonds. The van der Waals surface area contributed by atoms with Crippen LogP contribution in [-0.4, -0.2) is 18.8 Å². The number of ether oxygens (including phenoxy) is 1. The minimum absolute atomic E-state index is 0.0578. The van der Waals surface area contributed by atoms with Crippen LogP contribution in [0.1, 0.15) is 26.3 Å². The first-order valence-electron chi connectivity index (χ1n) is 5.56. The van der Waals surface area contributed by atoms with E-state index in [-0.39, 0.29) is 5.60 Å². The van der Waals surface area contributed by atoms with E-state index in [0.717, 1.165) is 24.7 Å². The average molecular weight is 242 g/mol. The molecular formula is C13H20ClNO. The van der Waals surface area contributed by atoms with Gasteiger partial charge in [-0.1, -0.05) is 23.7 Å². The van der Waals surface area contributed by atoms with Gasteiger partial charge in [-0.2, -0.15) is 0 Å². The summed E-state index contributed by atoms with van der Waals surface area (Å²) in [6.07, 6.45) is 0. The summed E-state index contributed by atoms with van der Waals surface area (Å²) in [5.41, 5.74) is 1.14. The maximum atomic E-state index is 5.89. The zero-order valence-corrected chi connectivity index (χ0v) is 11.0. The SMILES string of the molecule is CC(C)(C)OCCNCc1cccc(Cl)c1. The quantitative estimate of drug-likeness (QED) is 0.800. The normalized spacial score (nSPS) is 11.8. The highest BCUT2D eigenvalue weighted by Gasteiger charge is 2.08. The molecule has 3 heteroatoms. The third-order valence-electron chi connectivity index (χ3n) is 2.03. The third kappa shape index (κ3) is 6.11. The van der Waals surface area contributed by atoms with Crippen LogP contribution >= 0.6 is 11.6 Å². The van der Waals surface area contributed by atoms with Crippen molar-refractivity contribution < 1.29 is 4.74 Å². The minimum Gasteiger partial charge on any atom is -0.375 e. The highest BCUT2D eigenvalue weighted by molar-refractivity contribution is 6.30. The number of hydrogen-bond acceptors (Lipinski definition) is 2. The number of hydrogen-bond donors (Lipinski definition) is 1. The molecule has 0 aliphatic carbocycles. The van der Waals surface area contributed by atoms with Gasteiger partial charge in [-0.25, -0.2) is 0 Å². The van der Waals surface area contributed by atoms with E-state index in [0.29, 0.717) is 0 Å². The van der Waals surface area contributed by atoms with E-state index >= 15 is 0 Å². The molecule has 0 aromatic heterocycles. The van der Waals surface area contributed by atoms with Gasteiger partial charge < -0.3 is 10.1 Å². The zero-order valence-electron chi connectivity index (χ0n) is 10.2. The molecule has 0 spiro atoms. The molecule has 0 unspecified atom stereocenters. The number of nitrogens with one attached hydrogen (secondary N) is 1. The molecule has 0 fully saturated rings. The Labute approximate surface area is 103 Å². The largest absolute Gasteiger partial charge is 0.375 e. The zero-order chi connectivity index (χ0) is 12.0. The van der Waals surface area contributed by atoms with E-state index < -0.39 is 0 Å². The first-order valence-corrected chi connectivity index (χ1v) is 5.94. The van der Waals surface area contributed by atoms with Gasteiger partial charge in [0.25, 0.3) is 0 Å². The second-order valence-electron chi connectivity index (χ2n) is 4.77. The molecule has 0 aliphatic heterocycles. The number of benzene rings is 1. The summed E-state index contributed by atoms with van der Waals surface area (Å²) < 4.78 is 5.60. The molecule has 1 rings (SSSR count). The lowest BCUT2D eigenvalue weighted by molar-refractivity contribution is -0.000884. The van der Waals surface area contributed by atoms with Crippen LogP contribution in [0.15, 0.2) is 24.3 Å². The molecule has 1 N–H and O–H groups in total. The lowest BCUT2D eigenvalue weighted by Gasteiger charge is -2.19. The van der Waals surface area contributed by atoms with Gasteiger partial charge in [-0.05, 0) is 38.5 Å². The van der Waals surface area contributed by atoms with Crippen LogP contribution in [0, 0.1) is 0 Å². The maximum absolute atomic E-state index is 5.89. The fraction of sp³-hybridized carbons (Fsp3) is 0.538. The Morgan fingerprint density at radius 2 is 2.06 bits per heavy atom. The van der Waals surface area contributed by atoms with Crippen molar-refractivity contribution in [1.29, 1.82) is 0 Å². The van der Waals surface area contributed by atoms with Crippen molar-refractivity contribution in [2.45, 2.75) is 32.9 Å². The van der Waals surface area contributed by atoms with Gasteiger partial charge >= 0.3 is 0 Å². The number of rotatable bonds is 5. The number of halogens is 1. The summed E-state index contributed by atoms with van der Waals surface area (Å²) >= 11 is 5.89. The summed E-state index contributed by atoms with van der Waals surface area (Å²) in [6, 6.07) is 7.88. The summed E-state index contributed by atoms with van der Waals surface area (Å²) in [5.74, 6) is 0. The van der Waals surface area contributed by atoms with E-state index in [1.165, 1.54) is 5.56 Å². The first-order chi connectivity index (χ1) is 7.47. The molecule has 0 saturated heterocycles. The fourth-order valence-corrected chi connectivity index (χ4v) is 1.52. The monoisotopic (exact) mass is 241 g/mol. The van der Waals surface area contributed by atoms with Crippen molar-refractivity contribution >= 4 is 11.6 Å². The lowest BCUT2D eigenvalue weighted by atomic mass is 10.2. The van der Waals surface area contributed by atoms with Crippen LogP contribution in [-0.2, 0) is 11.3 Å². The maximum Gasteiger partial charge on any atom is 0.0599 e. The van der Waals surface area contributed by atoms with Gasteiger partial charge in [-0.3, -0.25) is 0 Å². The van der Waals surface area contributed by atoms with E-state index in [4.69, 9.17) is 16.3 Å². The molecule has 0 atom stereocenters. The second kappa shape index (κ2) is 6.24. The molecule has 16 heavy (non-hydrogen) atoms. The predicted molar refractivity (Wildman–Crippen MR) is 68.9 cm³/mol. The highest BCUT2D eigenvalue weighted by Crippen LogP contribution is 2.10. The predicted octanol–water partition coefficient (Wildman–Crippen LogP) is 3.24. The molecule has 0 saturated carbocycles. The molecule has 0 aliphatic rings. The van der Waals surface area contributed by atoms with Gasteiger partial charge in [0.1, 0.15) is 0 Å². The van der Waals surface area contributed by atoms with Crippen LogP contribution in [0.2, 0.25) is 5.02 Å². The van der Waals surface area contributed by atoms with Crippen LogP contribution in [0.25, 0.3) is 0 Å². The molecule has 0 bridgehead atoms. The van der Waals surface area contributed by atoms with Gasteiger partial charge in [0.2, 0.25) is 0 Å². The van der Waals surface area contributed by atoms with Gasteiger partial charge in [-0.15, -0.1) is 0 Å².